The van der Waals surface area contributed by atoms with Crippen LogP contribution in [0.4, 0.5) is 9.59 Å². The van der Waals surface area contributed by atoms with Crippen LogP contribution in [-0.4, -0.2) is 27.6 Å². The van der Waals surface area contributed by atoms with Crippen molar-refractivity contribution >= 4 is 23.1 Å². The van der Waals surface area contributed by atoms with Crippen LogP contribution in [0, 0.1) is 0 Å². The van der Waals surface area contributed by atoms with Gasteiger partial charge in [-0.3, -0.25) is 4.79 Å². The zero-order valence-electron chi connectivity index (χ0n) is 10.5. The van der Waals surface area contributed by atoms with Crippen molar-refractivity contribution in [1.29, 1.82) is 0 Å². The van der Waals surface area contributed by atoms with E-state index in [1.165, 1.54) is 0 Å². The summed E-state index contributed by atoms with van der Waals surface area (Å²) in [6.07, 6.45) is -0.712. The number of hydrogen-bond donors (Lipinski definition) is 1. The molecule has 0 aliphatic heterocycles. The van der Waals surface area contributed by atoms with Crippen LogP contribution in [0.2, 0.25) is 0 Å². The van der Waals surface area contributed by atoms with E-state index in [0.29, 0.717) is 0 Å². The van der Waals surface area contributed by atoms with Gasteiger partial charge in [-0.2, -0.15) is 0 Å². The number of nitrogens with zero attached hydrogens (tertiary/aromatic N) is 1. The fourth-order valence-corrected chi connectivity index (χ4v) is 1.16. The van der Waals surface area contributed by atoms with Crippen molar-refractivity contribution in [2.75, 3.05) is 0 Å². The second-order valence-electron chi connectivity index (χ2n) is 5.37. The molecule has 16 heavy (non-hydrogen) atoms. The second kappa shape index (κ2) is 4.91. The zero-order valence-corrected chi connectivity index (χ0v) is 11.3. The van der Waals surface area contributed by atoms with Crippen molar-refractivity contribution in [2.45, 2.75) is 52.7 Å². The normalized spacial score (nSPS) is 11.9. The van der Waals surface area contributed by atoms with Gasteiger partial charge < -0.3 is 4.74 Å². The Morgan fingerprint density at radius 1 is 1.12 bits per heavy atom. The van der Waals surface area contributed by atoms with Crippen LogP contribution in [0.15, 0.2) is 0 Å². The fraction of sp³-hybridized carbons (Fsp3) is 0.800. The highest BCUT2D eigenvalue weighted by Gasteiger charge is 2.28. The van der Waals surface area contributed by atoms with Crippen molar-refractivity contribution in [3.05, 3.63) is 0 Å². The monoisotopic (exact) mass is 250 g/mol. The first-order valence-corrected chi connectivity index (χ1v) is 5.30. The molecule has 5 nitrogen and oxygen atoms in total. The molecule has 0 atom stereocenters. The standard InChI is InChI=1S/C10H19ClN2O3/c1-9(2,3)13(7(11)14)12-8(15)16-10(4,5)6/h1-6H3,(H,12,15). The molecule has 0 saturated heterocycles. The summed E-state index contributed by atoms with van der Waals surface area (Å²) in [6, 6.07) is 0. The first kappa shape index (κ1) is 15.0. The largest absolute Gasteiger partial charge is 0.443 e. The third-order valence-electron chi connectivity index (χ3n) is 1.45. The first-order valence-electron chi connectivity index (χ1n) is 4.93. The van der Waals surface area contributed by atoms with Gasteiger partial charge in [0, 0.05) is 0 Å². The molecule has 0 rings (SSSR count). The average molecular weight is 251 g/mol. The topological polar surface area (TPSA) is 58.6 Å². The number of amides is 2. The Balaban J connectivity index is 4.56. The molecule has 0 heterocycles. The van der Waals surface area contributed by atoms with Gasteiger partial charge in [0.2, 0.25) is 0 Å². The number of ether oxygens (including phenoxy) is 1. The molecule has 0 radical (unpaired) electrons. The van der Waals surface area contributed by atoms with Gasteiger partial charge in [0.25, 0.3) is 0 Å². The summed E-state index contributed by atoms with van der Waals surface area (Å²) in [5.41, 5.74) is 1.07. The van der Waals surface area contributed by atoms with E-state index in [-0.39, 0.29) is 0 Å². The smallest absolute Gasteiger partial charge is 0.426 e. The Morgan fingerprint density at radius 3 is 1.81 bits per heavy atom. The minimum absolute atomic E-state index is 0.615. The van der Waals surface area contributed by atoms with Crippen molar-refractivity contribution in [3.63, 3.8) is 0 Å². The average Bonchev–Trinajstić information content (AvgIpc) is 1.93. The third-order valence-corrected chi connectivity index (χ3v) is 1.62. The highest BCUT2D eigenvalue weighted by Crippen LogP contribution is 2.14. The van der Waals surface area contributed by atoms with E-state index < -0.39 is 22.6 Å². The Kier molecular flexibility index (Phi) is 4.61. The van der Waals surface area contributed by atoms with Crippen LogP contribution < -0.4 is 5.43 Å². The minimum atomic E-state index is -0.765. The van der Waals surface area contributed by atoms with Crippen LogP contribution >= 0.6 is 11.6 Å². The molecule has 0 aliphatic carbocycles. The molecule has 2 amide bonds. The number of carbonyl (C=O) groups excluding carboxylic acids is 2. The second-order valence-corrected chi connectivity index (χ2v) is 5.70. The van der Waals surface area contributed by atoms with Gasteiger partial charge in [-0.1, -0.05) is 0 Å². The van der Waals surface area contributed by atoms with Crippen molar-refractivity contribution in [3.8, 4) is 0 Å². The summed E-state index contributed by atoms with van der Waals surface area (Å²) < 4.78 is 5.01. The van der Waals surface area contributed by atoms with Crippen LogP contribution in [-0.2, 0) is 4.74 Å². The highest BCUT2D eigenvalue weighted by atomic mass is 35.5. The molecule has 0 unspecified atom stereocenters. The Labute approximate surface area is 101 Å². The fourth-order valence-electron chi connectivity index (χ4n) is 0.868. The maximum atomic E-state index is 11.4. The van der Waals surface area contributed by atoms with E-state index in [0.717, 1.165) is 5.01 Å². The van der Waals surface area contributed by atoms with Gasteiger partial charge in [-0.25, -0.2) is 15.2 Å². The Morgan fingerprint density at radius 2 is 1.56 bits per heavy atom. The molecule has 0 aromatic carbocycles. The Hall–Kier alpha value is -0.970. The number of rotatable bonds is 0. The van der Waals surface area contributed by atoms with Crippen LogP contribution in [0.3, 0.4) is 0 Å². The number of hydrogen-bond acceptors (Lipinski definition) is 3. The molecular formula is C10H19ClN2O3. The molecule has 94 valence electrons. The van der Waals surface area contributed by atoms with Crippen molar-refractivity contribution in [2.24, 2.45) is 0 Å². The molecule has 0 fully saturated rings. The van der Waals surface area contributed by atoms with Crippen LogP contribution in [0.5, 0.6) is 0 Å². The summed E-state index contributed by atoms with van der Waals surface area (Å²) >= 11 is 5.36. The number of hydrazine groups is 1. The predicted octanol–water partition coefficient (Wildman–Crippen LogP) is 2.89. The van der Waals surface area contributed by atoms with Gasteiger partial charge in [0.1, 0.15) is 5.60 Å². The van der Waals surface area contributed by atoms with Gasteiger partial charge in [-0.15, -0.1) is 0 Å². The lowest BCUT2D eigenvalue weighted by molar-refractivity contribution is 0.0277. The van der Waals surface area contributed by atoms with E-state index >= 15 is 0 Å². The summed E-state index contributed by atoms with van der Waals surface area (Å²) in [5.74, 6) is 0. The van der Waals surface area contributed by atoms with E-state index in [1.807, 2.05) is 0 Å². The molecule has 0 aromatic rings. The van der Waals surface area contributed by atoms with E-state index in [2.05, 4.69) is 5.43 Å². The molecular weight excluding hydrogens is 232 g/mol. The summed E-state index contributed by atoms with van der Waals surface area (Å²) in [6.45, 7) is 10.4. The third kappa shape index (κ3) is 5.80. The Bertz CT molecular complexity index is 279. The number of halogens is 1. The first-order chi connectivity index (χ1) is 6.93. The molecule has 0 aliphatic rings. The maximum absolute atomic E-state index is 11.4. The zero-order chi connectivity index (χ0) is 13.1. The molecule has 0 aromatic heterocycles. The van der Waals surface area contributed by atoms with Gasteiger partial charge in [-0.05, 0) is 53.1 Å². The summed E-state index contributed by atoms with van der Waals surface area (Å²) in [5, 5.41) is 0.251. The number of carbonyl (C=O) groups is 2. The highest BCUT2D eigenvalue weighted by molar-refractivity contribution is 6.62. The van der Waals surface area contributed by atoms with E-state index in [1.54, 1.807) is 41.5 Å². The molecule has 0 spiro atoms. The predicted molar refractivity (Wildman–Crippen MR) is 62.2 cm³/mol. The van der Waals surface area contributed by atoms with Crippen LogP contribution in [0.25, 0.3) is 0 Å². The molecule has 0 saturated carbocycles. The lowest BCUT2D eigenvalue weighted by Gasteiger charge is -2.34. The maximum Gasteiger partial charge on any atom is 0.426 e. The van der Waals surface area contributed by atoms with E-state index in [9.17, 15) is 9.59 Å². The summed E-state index contributed by atoms with van der Waals surface area (Å²) in [4.78, 5) is 22.5. The van der Waals surface area contributed by atoms with E-state index in [4.69, 9.17) is 16.3 Å². The van der Waals surface area contributed by atoms with Gasteiger partial charge in [0.05, 0.1) is 5.54 Å². The molecule has 1 N–H and O–H groups in total. The molecule has 6 heteroatoms. The minimum Gasteiger partial charge on any atom is -0.443 e. The van der Waals surface area contributed by atoms with Crippen molar-refractivity contribution < 1.29 is 14.3 Å². The SMILES string of the molecule is CC(C)(C)OC(=O)NN(C(=O)Cl)C(C)(C)C. The molecule has 0 bridgehead atoms. The quantitative estimate of drug-likeness (QED) is 0.409. The van der Waals surface area contributed by atoms with Crippen LogP contribution in [0.1, 0.15) is 41.5 Å². The summed E-state index contributed by atoms with van der Waals surface area (Å²) in [7, 11) is 0. The van der Waals surface area contributed by atoms with Crippen molar-refractivity contribution in [1.82, 2.24) is 10.4 Å². The van der Waals surface area contributed by atoms with Gasteiger partial charge >= 0.3 is 11.5 Å². The van der Waals surface area contributed by atoms with Gasteiger partial charge in [0.15, 0.2) is 0 Å². The number of nitrogens with one attached hydrogen (secondary N) is 1. The lowest BCUT2D eigenvalue weighted by Crippen LogP contribution is -2.54. The lowest BCUT2D eigenvalue weighted by atomic mass is 10.1.